The number of hydrogen-bond donors (Lipinski definition) is 1. The summed E-state index contributed by atoms with van der Waals surface area (Å²) in [5.41, 5.74) is 1.82. The summed E-state index contributed by atoms with van der Waals surface area (Å²) < 4.78 is 6.12. The highest BCUT2D eigenvalue weighted by atomic mass is 16.5. The summed E-state index contributed by atoms with van der Waals surface area (Å²) in [5, 5.41) is 3.00. The van der Waals surface area contributed by atoms with Crippen LogP contribution in [0.2, 0.25) is 0 Å². The summed E-state index contributed by atoms with van der Waals surface area (Å²) in [5.74, 6) is 0.969. The molecule has 0 bridgehead atoms. The van der Waals surface area contributed by atoms with E-state index in [9.17, 15) is 9.59 Å². The number of hydrogen-bond acceptors (Lipinski definition) is 6. The van der Waals surface area contributed by atoms with Crippen LogP contribution in [-0.2, 0) is 9.59 Å². The first-order valence-corrected chi connectivity index (χ1v) is 11.6. The highest BCUT2D eigenvalue weighted by Crippen LogP contribution is 2.26. The van der Waals surface area contributed by atoms with Gasteiger partial charge in [-0.15, -0.1) is 0 Å². The van der Waals surface area contributed by atoms with Crippen LogP contribution < -0.4 is 15.0 Å². The number of piperidine rings is 1. The van der Waals surface area contributed by atoms with Crippen LogP contribution in [0.3, 0.4) is 0 Å². The van der Waals surface area contributed by atoms with Crippen molar-refractivity contribution in [2.24, 2.45) is 5.92 Å². The van der Waals surface area contributed by atoms with Gasteiger partial charge in [0.25, 0.3) is 0 Å². The molecule has 0 radical (unpaired) electrons. The number of likely N-dealkylation sites (N-methyl/N-ethyl adjacent to an activating group) is 1. The van der Waals surface area contributed by atoms with Crippen molar-refractivity contribution < 1.29 is 14.3 Å². The maximum atomic E-state index is 12.5. The Labute approximate surface area is 195 Å². The van der Waals surface area contributed by atoms with Gasteiger partial charge in [-0.2, -0.15) is 0 Å². The van der Waals surface area contributed by atoms with Crippen LogP contribution in [0.4, 0.5) is 11.4 Å². The fraction of sp³-hybridized carbons (Fsp3) is 0.480. The molecular formula is C25H33N5O3. The maximum absolute atomic E-state index is 12.5. The van der Waals surface area contributed by atoms with Crippen molar-refractivity contribution in [1.29, 1.82) is 0 Å². The third kappa shape index (κ3) is 5.63. The fourth-order valence-corrected chi connectivity index (χ4v) is 4.13. The largest absolute Gasteiger partial charge is 0.490 e. The Hall–Kier alpha value is -3.13. The van der Waals surface area contributed by atoms with Crippen molar-refractivity contribution in [2.75, 3.05) is 50.5 Å². The molecule has 1 atom stereocenters. The number of ether oxygens (including phenoxy) is 1. The third-order valence-corrected chi connectivity index (χ3v) is 6.57. The standard InChI is InChI=1S/C25H33N5O3/c1-18(28(2)3)25(32)29-13-10-23(11-14-29)33-22-8-6-20(7-9-22)27-24(31)19-16-30(17-19)21-5-4-12-26-15-21/h4-9,12,15,18-19,23H,10-11,13-14,16-17H2,1-3H3,(H,27,31). The second-order valence-electron chi connectivity index (χ2n) is 9.11. The Bertz CT molecular complexity index is 936. The first-order valence-electron chi connectivity index (χ1n) is 11.6. The highest BCUT2D eigenvalue weighted by Gasteiger charge is 2.33. The Morgan fingerprint density at radius 1 is 1.12 bits per heavy atom. The van der Waals surface area contributed by atoms with Crippen LogP contribution in [0.5, 0.6) is 5.75 Å². The van der Waals surface area contributed by atoms with Crippen LogP contribution in [-0.4, -0.2) is 79.0 Å². The lowest BCUT2D eigenvalue weighted by Crippen LogP contribution is -2.52. The monoisotopic (exact) mass is 451 g/mol. The number of nitrogens with one attached hydrogen (secondary N) is 1. The molecule has 1 unspecified atom stereocenters. The molecule has 3 heterocycles. The number of likely N-dealkylation sites (tertiary alicyclic amines) is 1. The summed E-state index contributed by atoms with van der Waals surface area (Å²) in [6.45, 7) is 4.77. The zero-order valence-electron chi connectivity index (χ0n) is 19.6. The van der Waals surface area contributed by atoms with Gasteiger partial charge < -0.3 is 19.9 Å². The lowest BCUT2D eigenvalue weighted by atomic mass is 9.98. The molecule has 2 saturated heterocycles. The predicted molar refractivity (Wildman–Crippen MR) is 128 cm³/mol. The van der Waals surface area contributed by atoms with Crippen molar-refractivity contribution in [1.82, 2.24) is 14.8 Å². The minimum absolute atomic E-state index is 0.0239. The summed E-state index contributed by atoms with van der Waals surface area (Å²) >= 11 is 0. The van der Waals surface area contributed by atoms with Crippen molar-refractivity contribution in [3.8, 4) is 5.75 Å². The number of aromatic nitrogens is 1. The summed E-state index contributed by atoms with van der Waals surface area (Å²) in [6, 6.07) is 11.3. The molecule has 2 aliphatic rings. The Balaban J connectivity index is 1.20. The van der Waals surface area contributed by atoms with Gasteiger partial charge in [0.1, 0.15) is 11.9 Å². The van der Waals surface area contributed by atoms with E-state index in [1.54, 1.807) is 6.20 Å². The molecule has 0 spiro atoms. The second kappa shape index (κ2) is 10.2. The molecule has 0 aliphatic carbocycles. The molecule has 4 rings (SSSR count). The van der Waals surface area contributed by atoms with Gasteiger partial charge in [0.05, 0.1) is 23.8 Å². The van der Waals surface area contributed by atoms with Crippen molar-refractivity contribution in [3.63, 3.8) is 0 Å². The Morgan fingerprint density at radius 2 is 1.82 bits per heavy atom. The predicted octanol–water partition coefficient (Wildman–Crippen LogP) is 2.48. The second-order valence-corrected chi connectivity index (χ2v) is 9.11. The molecule has 2 aromatic rings. The van der Waals surface area contributed by atoms with Crippen molar-refractivity contribution >= 4 is 23.2 Å². The molecule has 1 aromatic carbocycles. The molecule has 0 saturated carbocycles. The molecule has 1 aromatic heterocycles. The molecule has 1 N–H and O–H groups in total. The Kier molecular flexibility index (Phi) is 7.13. The van der Waals surface area contributed by atoms with Crippen LogP contribution in [0.15, 0.2) is 48.8 Å². The van der Waals surface area contributed by atoms with Crippen LogP contribution in [0.25, 0.3) is 0 Å². The molecule has 2 aliphatic heterocycles. The number of pyridine rings is 1. The maximum Gasteiger partial charge on any atom is 0.239 e. The lowest BCUT2D eigenvalue weighted by Gasteiger charge is -2.39. The van der Waals surface area contributed by atoms with E-state index in [1.165, 1.54) is 0 Å². The Morgan fingerprint density at radius 3 is 2.42 bits per heavy atom. The number of amides is 2. The van der Waals surface area contributed by atoms with Gasteiger partial charge in [0, 0.05) is 50.9 Å². The number of rotatable bonds is 7. The van der Waals surface area contributed by atoms with Gasteiger partial charge in [-0.1, -0.05) is 0 Å². The average Bonchev–Trinajstić information content (AvgIpc) is 2.79. The smallest absolute Gasteiger partial charge is 0.239 e. The van der Waals surface area contributed by atoms with E-state index >= 15 is 0 Å². The van der Waals surface area contributed by atoms with Gasteiger partial charge in [-0.05, 0) is 57.4 Å². The molecule has 33 heavy (non-hydrogen) atoms. The lowest BCUT2D eigenvalue weighted by molar-refractivity contribution is -0.137. The van der Waals surface area contributed by atoms with Crippen LogP contribution >= 0.6 is 0 Å². The van der Waals surface area contributed by atoms with Crippen molar-refractivity contribution in [3.05, 3.63) is 48.8 Å². The molecule has 2 fully saturated rings. The van der Waals surface area contributed by atoms with Gasteiger partial charge in [-0.25, -0.2) is 0 Å². The first kappa shape index (κ1) is 23.0. The van der Waals surface area contributed by atoms with E-state index in [-0.39, 0.29) is 29.9 Å². The molecule has 176 valence electrons. The van der Waals surface area contributed by atoms with Gasteiger partial charge in [0.15, 0.2) is 0 Å². The normalized spacial score (nSPS) is 18.1. The van der Waals surface area contributed by atoms with Crippen LogP contribution in [0, 0.1) is 5.92 Å². The van der Waals surface area contributed by atoms with E-state index in [1.807, 2.05) is 73.4 Å². The zero-order chi connectivity index (χ0) is 23.4. The van der Waals surface area contributed by atoms with E-state index in [0.717, 1.165) is 30.0 Å². The van der Waals surface area contributed by atoms with E-state index < -0.39 is 0 Å². The number of nitrogens with zero attached hydrogens (tertiary/aromatic N) is 4. The minimum atomic E-state index is -0.108. The average molecular weight is 452 g/mol. The molecular weight excluding hydrogens is 418 g/mol. The minimum Gasteiger partial charge on any atom is -0.490 e. The van der Waals surface area contributed by atoms with E-state index in [4.69, 9.17) is 4.74 Å². The highest BCUT2D eigenvalue weighted by molar-refractivity contribution is 5.94. The fourth-order valence-electron chi connectivity index (χ4n) is 4.13. The van der Waals surface area contributed by atoms with E-state index in [0.29, 0.717) is 26.2 Å². The van der Waals surface area contributed by atoms with Crippen molar-refractivity contribution in [2.45, 2.75) is 31.9 Å². The zero-order valence-corrected chi connectivity index (χ0v) is 19.6. The quantitative estimate of drug-likeness (QED) is 0.697. The number of carbonyl (C=O) groups is 2. The number of carbonyl (C=O) groups excluding carboxylic acids is 2. The summed E-state index contributed by atoms with van der Waals surface area (Å²) in [4.78, 5) is 35.2. The number of anilines is 2. The van der Waals surface area contributed by atoms with Gasteiger partial charge >= 0.3 is 0 Å². The molecule has 8 heteroatoms. The molecule has 2 amide bonds. The van der Waals surface area contributed by atoms with Gasteiger partial charge in [-0.3, -0.25) is 19.5 Å². The number of benzene rings is 1. The summed E-state index contributed by atoms with van der Waals surface area (Å²) in [7, 11) is 3.85. The van der Waals surface area contributed by atoms with Crippen LogP contribution in [0.1, 0.15) is 19.8 Å². The molecule has 8 nitrogen and oxygen atoms in total. The van der Waals surface area contributed by atoms with Gasteiger partial charge in [0.2, 0.25) is 11.8 Å². The SMILES string of the molecule is CC(C(=O)N1CCC(Oc2ccc(NC(=O)C3CN(c4cccnc4)C3)cc2)CC1)N(C)C. The summed E-state index contributed by atoms with van der Waals surface area (Å²) in [6.07, 6.45) is 5.30. The first-order chi connectivity index (χ1) is 15.9. The van der Waals surface area contributed by atoms with E-state index in [2.05, 4.69) is 15.2 Å². The third-order valence-electron chi connectivity index (χ3n) is 6.57. The topological polar surface area (TPSA) is 78.0 Å².